The number of benzene rings is 2. The van der Waals surface area contributed by atoms with Crippen molar-refractivity contribution < 1.29 is 14.3 Å². The van der Waals surface area contributed by atoms with Crippen LogP contribution in [-0.4, -0.2) is 25.5 Å². The molecule has 2 aromatic carbocycles. The van der Waals surface area contributed by atoms with Crippen molar-refractivity contribution in [3.63, 3.8) is 0 Å². The van der Waals surface area contributed by atoms with E-state index in [9.17, 15) is 4.79 Å². The van der Waals surface area contributed by atoms with Gasteiger partial charge in [-0.1, -0.05) is 44.5 Å². The molecule has 7 heteroatoms. The molecule has 0 radical (unpaired) electrons. The van der Waals surface area contributed by atoms with E-state index in [0.29, 0.717) is 36.0 Å². The minimum Gasteiger partial charge on any atom is -0.493 e. The van der Waals surface area contributed by atoms with E-state index in [4.69, 9.17) is 26.8 Å². The molecule has 2 rings (SSSR count). The molecule has 28 heavy (non-hydrogen) atoms. The van der Waals surface area contributed by atoms with Gasteiger partial charge < -0.3 is 15.2 Å². The van der Waals surface area contributed by atoms with Crippen LogP contribution in [0, 0.1) is 0 Å². The van der Waals surface area contributed by atoms with Gasteiger partial charge in [-0.05, 0) is 41.3 Å². The summed E-state index contributed by atoms with van der Waals surface area (Å²) in [5.74, 6) is 1.44. The molecule has 0 heterocycles. The number of urea groups is 1. The van der Waals surface area contributed by atoms with Crippen molar-refractivity contribution in [1.82, 2.24) is 5.43 Å². The smallest absolute Gasteiger partial charge is 0.332 e. The monoisotopic (exact) mass is 403 g/mol. The van der Waals surface area contributed by atoms with Crippen LogP contribution in [0.5, 0.6) is 11.5 Å². The molecular weight excluding hydrogens is 378 g/mol. The Balaban J connectivity index is 1.82. The molecule has 0 aliphatic rings. The SMILES string of the molecule is CC(C)(C)c1ccc(OCCCOc2ccc(Cl)cc2C=NNC(N)=O)cc1. The fraction of sp³-hybridized carbons (Fsp3) is 0.333. The van der Waals surface area contributed by atoms with Gasteiger partial charge in [0.25, 0.3) is 0 Å². The Hall–Kier alpha value is -2.73. The Morgan fingerprint density at radius 2 is 1.82 bits per heavy atom. The standard InChI is InChI=1S/C21H26ClN3O3/c1-21(2,3)16-5-8-18(9-6-16)27-11-4-12-28-19-10-7-17(22)13-15(19)14-24-25-20(23)26/h5-10,13-14H,4,11-12H2,1-3H3,(H3,23,25,26). The second kappa shape index (κ2) is 9.99. The maximum Gasteiger partial charge on any atom is 0.332 e. The van der Waals surface area contributed by atoms with Crippen LogP contribution in [0.25, 0.3) is 0 Å². The van der Waals surface area contributed by atoms with Crippen LogP contribution >= 0.6 is 11.6 Å². The summed E-state index contributed by atoms with van der Waals surface area (Å²) in [5, 5.41) is 4.28. The Bertz CT molecular complexity index is 815. The third-order valence-electron chi connectivity index (χ3n) is 3.89. The number of hydrogen-bond donors (Lipinski definition) is 2. The van der Waals surface area contributed by atoms with E-state index in [-0.39, 0.29) is 5.41 Å². The molecule has 0 aromatic heterocycles. The molecule has 0 saturated heterocycles. The summed E-state index contributed by atoms with van der Waals surface area (Å²) in [6.45, 7) is 7.54. The van der Waals surface area contributed by atoms with Crippen LogP contribution < -0.4 is 20.6 Å². The van der Waals surface area contributed by atoms with Crippen molar-refractivity contribution in [2.24, 2.45) is 10.8 Å². The maximum atomic E-state index is 10.7. The summed E-state index contributed by atoms with van der Waals surface area (Å²) in [6.07, 6.45) is 2.14. The molecule has 2 aromatic rings. The van der Waals surface area contributed by atoms with Gasteiger partial charge in [-0.25, -0.2) is 10.2 Å². The van der Waals surface area contributed by atoms with Crippen LogP contribution in [0.2, 0.25) is 5.02 Å². The van der Waals surface area contributed by atoms with E-state index in [1.165, 1.54) is 11.8 Å². The van der Waals surface area contributed by atoms with Crippen molar-refractivity contribution in [3.8, 4) is 11.5 Å². The zero-order chi connectivity index (χ0) is 20.6. The van der Waals surface area contributed by atoms with E-state index < -0.39 is 6.03 Å². The number of carbonyl (C=O) groups is 1. The summed E-state index contributed by atoms with van der Waals surface area (Å²) in [4.78, 5) is 10.7. The predicted octanol–water partition coefficient (Wildman–Crippen LogP) is 4.49. The summed E-state index contributed by atoms with van der Waals surface area (Å²) < 4.78 is 11.5. The molecule has 0 fully saturated rings. The van der Waals surface area contributed by atoms with Crippen molar-refractivity contribution in [2.45, 2.75) is 32.6 Å². The normalized spacial score (nSPS) is 11.4. The molecular formula is C21H26ClN3O3. The third-order valence-corrected chi connectivity index (χ3v) is 4.12. The molecule has 150 valence electrons. The Kier molecular flexibility index (Phi) is 7.70. The zero-order valence-electron chi connectivity index (χ0n) is 16.4. The van der Waals surface area contributed by atoms with Gasteiger partial charge in [0, 0.05) is 17.0 Å². The fourth-order valence-electron chi connectivity index (χ4n) is 2.40. The number of nitrogens with one attached hydrogen (secondary N) is 1. The molecule has 0 spiro atoms. The Morgan fingerprint density at radius 1 is 1.14 bits per heavy atom. The lowest BCUT2D eigenvalue weighted by molar-refractivity contribution is 0.247. The number of carbonyl (C=O) groups excluding carboxylic acids is 1. The first-order valence-electron chi connectivity index (χ1n) is 9.00. The molecule has 0 atom stereocenters. The number of hydrogen-bond acceptors (Lipinski definition) is 4. The topological polar surface area (TPSA) is 85.9 Å². The van der Waals surface area contributed by atoms with Gasteiger partial charge in [0.05, 0.1) is 19.4 Å². The summed E-state index contributed by atoms with van der Waals surface area (Å²) >= 11 is 6.00. The van der Waals surface area contributed by atoms with Gasteiger partial charge in [0.15, 0.2) is 0 Å². The zero-order valence-corrected chi connectivity index (χ0v) is 17.1. The lowest BCUT2D eigenvalue weighted by Gasteiger charge is -2.19. The molecule has 0 aliphatic heterocycles. The first-order valence-corrected chi connectivity index (χ1v) is 9.38. The molecule has 0 saturated carbocycles. The first kappa shape index (κ1) is 21.6. The number of halogens is 1. The molecule has 0 unspecified atom stereocenters. The van der Waals surface area contributed by atoms with E-state index in [0.717, 1.165) is 5.75 Å². The molecule has 0 bridgehead atoms. The summed E-state index contributed by atoms with van der Waals surface area (Å²) in [5.41, 5.74) is 9.15. The molecule has 3 N–H and O–H groups in total. The van der Waals surface area contributed by atoms with Crippen LogP contribution in [0.15, 0.2) is 47.6 Å². The van der Waals surface area contributed by atoms with E-state index in [1.54, 1.807) is 18.2 Å². The highest BCUT2D eigenvalue weighted by molar-refractivity contribution is 6.30. The number of ether oxygens (including phenoxy) is 2. The number of primary amides is 1. The first-order chi connectivity index (χ1) is 13.3. The Morgan fingerprint density at radius 3 is 2.46 bits per heavy atom. The lowest BCUT2D eigenvalue weighted by atomic mass is 9.87. The van der Waals surface area contributed by atoms with E-state index >= 15 is 0 Å². The number of amides is 2. The fourth-order valence-corrected chi connectivity index (χ4v) is 2.58. The second-order valence-electron chi connectivity index (χ2n) is 7.24. The van der Waals surface area contributed by atoms with Gasteiger partial charge >= 0.3 is 6.03 Å². The highest BCUT2D eigenvalue weighted by Crippen LogP contribution is 2.24. The van der Waals surface area contributed by atoms with E-state index in [1.807, 2.05) is 12.1 Å². The van der Waals surface area contributed by atoms with Gasteiger partial charge in [-0.15, -0.1) is 0 Å². The third kappa shape index (κ3) is 7.12. The quantitative estimate of drug-likeness (QED) is 0.387. The molecule has 2 amide bonds. The van der Waals surface area contributed by atoms with Crippen LogP contribution in [-0.2, 0) is 5.41 Å². The van der Waals surface area contributed by atoms with Crippen molar-refractivity contribution in [2.75, 3.05) is 13.2 Å². The van der Waals surface area contributed by atoms with Crippen molar-refractivity contribution in [1.29, 1.82) is 0 Å². The average Bonchev–Trinajstić information content (AvgIpc) is 2.62. The number of nitrogens with zero attached hydrogens (tertiary/aromatic N) is 1. The number of nitrogens with two attached hydrogens (primary N) is 1. The average molecular weight is 404 g/mol. The number of hydrazone groups is 1. The van der Waals surface area contributed by atoms with Gasteiger partial charge in [-0.3, -0.25) is 0 Å². The van der Waals surface area contributed by atoms with Crippen molar-refractivity contribution in [3.05, 3.63) is 58.6 Å². The molecule has 0 aliphatic carbocycles. The summed E-state index contributed by atoms with van der Waals surface area (Å²) in [6, 6.07) is 12.6. The highest BCUT2D eigenvalue weighted by Gasteiger charge is 2.12. The highest BCUT2D eigenvalue weighted by atomic mass is 35.5. The number of rotatable bonds is 8. The van der Waals surface area contributed by atoms with Crippen LogP contribution in [0.3, 0.4) is 0 Å². The predicted molar refractivity (Wildman–Crippen MR) is 113 cm³/mol. The maximum absolute atomic E-state index is 10.7. The van der Waals surface area contributed by atoms with E-state index in [2.05, 4.69) is 43.4 Å². The lowest BCUT2D eigenvalue weighted by Crippen LogP contribution is -2.24. The minimum atomic E-state index is -0.742. The van der Waals surface area contributed by atoms with Crippen molar-refractivity contribution >= 4 is 23.8 Å². The van der Waals surface area contributed by atoms with Gasteiger partial charge in [0.2, 0.25) is 0 Å². The second-order valence-corrected chi connectivity index (χ2v) is 7.68. The van der Waals surface area contributed by atoms with Gasteiger partial charge in [-0.2, -0.15) is 5.10 Å². The summed E-state index contributed by atoms with van der Waals surface area (Å²) in [7, 11) is 0. The Labute approximate surface area is 170 Å². The minimum absolute atomic E-state index is 0.124. The largest absolute Gasteiger partial charge is 0.493 e. The molecule has 6 nitrogen and oxygen atoms in total. The van der Waals surface area contributed by atoms with Crippen LogP contribution in [0.4, 0.5) is 4.79 Å². The van der Waals surface area contributed by atoms with Crippen LogP contribution in [0.1, 0.15) is 38.3 Å². The van der Waals surface area contributed by atoms with Gasteiger partial charge in [0.1, 0.15) is 11.5 Å².